The maximum Gasteiger partial charge on any atom is 0.0557 e. The van der Waals surface area contributed by atoms with Gasteiger partial charge in [-0.3, -0.25) is 9.97 Å². The molecule has 0 aliphatic carbocycles. The van der Waals surface area contributed by atoms with E-state index in [-0.39, 0.29) is 21.7 Å². The van der Waals surface area contributed by atoms with Gasteiger partial charge < -0.3 is 0 Å². The van der Waals surface area contributed by atoms with Crippen LogP contribution in [0.1, 0.15) is 106 Å². The SMILES string of the molecule is CC(C)(C)c1cc2cc(C(C)(C)C)nc(C(C)(C)C)c2c(C(C)(C)C)n1. The number of rotatable bonds is 0. The first-order valence-corrected chi connectivity index (χ1v) is 9.80. The van der Waals surface area contributed by atoms with Crippen LogP contribution in [-0.2, 0) is 21.7 Å². The number of pyridine rings is 2. The van der Waals surface area contributed by atoms with Crippen molar-refractivity contribution in [3.05, 3.63) is 34.9 Å². The molecule has 0 aromatic carbocycles. The maximum absolute atomic E-state index is 5.17. The second-order valence-corrected chi connectivity index (χ2v) is 11.8. The summed E-state index contributed by atoms with van der Waals surface area (Å²) in [5, 5.41) is 2.52. The van der Waals surface area contributed by atoms with Crippen LogP contribution in [0.15, 0.2) is 12.1 Å². The monoisotopic (exact) mass is 354 g/mol. The Morgan fingerprint density at radius 2 is 0.808 bits per heavy atom. The molecule has 0 saturated heterocycles. The van der Waals surface area contributed by atoms with Crippen LogP contribution in [0.25, 0.3) is 10.8 Å². The summed E-state index contributed by atoms with van der Waals surface area (Å²) < 4.78 is 0. The summed E-state index contributed by atoms with van der Waals surface area (Å²) in [6.45, 7) is 27.0. The molecule has 2 aromatic heterocycles. The highest BCUT2D eigenvalue weighted by atomic mass is 14.8. The lowest BCUT2D eigenvalue weighted by atomic mass is 9.79. The lowest BCUT2D eigenvalue weighted by Gasteiger charge is -2.30. The summed E-state index contributed by atoms with van der Waals surface area (Å²) in [6, 6.07) is 4.58. The summed E-state index contributed by atoms with van der Waals surface area (Å²) in [5.74, 6) is 0. The van der Waals surface area contributed by atoms with Crippen molar-refractivity contribution in [1.82, 2.24) is 9.97 Å². The zero-order valence-electron chi connectivity index (χ0n) is 19.0. The van der Waals surface area contributed by atoms with E-state index in [4.69, 9.17) is 9.97 Å². The van der Waals surface area contributed by atoms with Crippen molar-refractivity contribution in [3.63, 3.8) is 0 Å². The molecule has 0 amide bonds. The normalized spacial score (nSPS) is 14.2. The van der Waals surface area contributed by atoms with Crippen LogP contribution in [-0.4, -0.2) is 9.97 Å². The Hall–Kier alpha value is -1.44. The van der Waals surface area contributed by atoms with Gasteiger partial charge in [0.2, 0.25) is 0 Å². The van der Waals surface area contributed by atoms with E-state index in [0.29, 0.717) is 0 Å². The Morgan fingerprint density at radius 3 is 1.04 bits per heavy atom. The standard InChI is InChI=1S/C24H38N2/c1-21(2,3)16-13-15-14-17(22(4,5)6)26-20(24(10,11)12)18(15)19(25-16)23(7,8)9/h13-14H,1-12H3. The van der Waals surface area contributed by atoms with E-state index in [1.165, 1.54) is 10.8 Å². The highest BCUT2D eigenvalue weighted by Gasteiger charge is 2.30. The van der Waals surface area contributed by atoms with E-state index in [1.807, 2.05) is 0 Å². The molecular formula is C24H38N2. The third-order valence-electron chi connectivity index (χ3n) is 4.77. The minimum atomic E-state index is -0.0373. The van der Waals surface area contributed by atoms with E-state index in [9.17, 15) is 0 Å². The predicted molar refractivity (Wildman–Crippen MR) is 114 cm³/mol. The third-order valence-corrected chi connectivity index (χ3v) is 4.77. The summed E-state index contributed by atoms with van der Waals surface area (Å²) in [6.07, 6.45) is 0. The lowest BCUT2D eigenvalue weighted by Crippen LogP contribution is -2.25. The van der Waals surface area contributed by atoms with Gasteiger partial charge in [-0.1, -0.05) is 83.1 Å². The quantitative estimate of drug-likeness (QED) is 0.518. The van der Waals surface area contributed by atoms with E-state index >= 15 is 0 Å². The summed E-state index contributed by atoms with van der Waals surface area (Å²) >= 11 is 0. The minimum Gasteiger partial charge on any atom is -0.256 e. The molecule has 0 saturated carbocycles. The number of fused-ring (bicyclic) bond motifs is 1. The highest BCUT2D eigenvalue weighted by Crippen LogP contribution is 2.39. The first-order chi connectivity index (χ1) is 11.4. The molecule has 2 nitrogen and oxygen atoms in total. The molecule has 2 heterocycles. The first kappa shape index (κ1) is 20.9. The molecule has 0 N–H and O–H groups in total. The fraction of sp³-hybridized carbons (Fsp3) is 0.667. The van der Waals surface area contributed by atoms with Gasteiger partial charge in [-0.25, -0.2) is 0 Å². The van der Waals surface area contributed by atoms with E-state index in [2.05, 4.69) is 95.2 Å². The number of hydrogen-bond donors (Lipinski definition) is 0. The molecule has 0 aliphatic rings. The molecule has 2 heteroatoms. The molecule has 144 valence electrons. The molecule has 0 bridgehead atoms. The third kappa shape index (κ3) is 4.10. The lowest BCUT2D eigenvalue weighted by molar-refractivity contribution is 0.523. The van der Waals surface area contributed by atoms with Crippen molar-refractivity contribution in [1.29, 1.82) is 0 Å². The van der Waals surface area contributed by atoms with Gasteiger partial charge in [0.1, 0.15) is 0 Å². The summed E-state index contributed by atoms with van der Waals surface area (Å²) in [5.41, 5.74) is 4.59. The molecular weight excluding hydrogens is 316 g/mol. The summed E-state index contributed by atoms with van der Waals surface area (Å²) in [7, 11) is 0. The molecule has 2 rings (SSSR count). The largest absolute Gasteiger partial charge is 0.256 e. The molecule has 0 spiro atoms. The Kier molecular flexibility index (Phi) is 4.85. The van der Waals surface area contributed by atoms with Crippen molar-refractivity contribution in [2.24, 2.45) is 0 Å². The van der Waals surface area contributed by atoms with Gasteiger partial charge in [0, 0.05) is 38.4 Å². The highest BCUT2D eigenvalue weighted by molar-refractivity contribution is 5.89. The number of aromatic nitrogens is 2. The molecule has 0 unspecified atom stereocenters. The Balaban J connectivity index is 3.09. The van der Waals surface area contributed by atoms with Crippen LogP contribution in [0.5, 0.6) is 0 Å². The van der Waals surface area contributed by atoms with Gasteiger partial charge in [0.15, 0.2) is 0 Å². The van der Waals surface area contributed by atoms with Gasteiger partial charge in [0.25, 0.3) is 0 Å². The molecule has 0 radical (unpaired) electrons. The van der Waals surface area contributed by atoms with Gasteiger partial charge in [-0.2, -0.15) is 0 Å². The van der Waals surface area contributed by atoms with Crippen LogP contribution < -0.4 is 0 Å². The van der Waals surface area contributed by atoms with Crippen LogP contribution in [0.4, 0.5) is 0 Å². The average molecular weight is 355 g/mol. The Morgan fingerprint density at radius 1 is 0.500 bits per heavy atom. The fourth-order valence-electron chi connectivity index (χ4n) is 3.14. The predicted octanol–water partition coefficient (Wildman–Crippen LogP) is 6.82. The van der Waals surface area contributed by atoms with Gasteiger partial charge in [-0.15, -0.1) is 0 Å². The van der Waals surface area contributed by atoms with Crippen LogP contribution in [0.2, 0.25) is 0 Å². The zero-order chi connectivity index (χ0) is 20.3. The van der Waals surface area contributed by atoms with E-state index in [1.54, 1.807) is 0 Å². The van der Waals surface area contributed by atoms with Crippen molar-refractivity contribution in [2.75, 3.05) is 0 Å². The topological polar surface area (TPSA) is 25.8 Å². The first-order valence-electron chi connectivity index (χ1n) is 9.80. The van der Waals surface area contributed by atoms with Crippen molar-refractivity contribution in [2.45, 2.75) is 105 Å². The van der Waals surface area contributed by atoms with Crippen molar-refractivity contribution >= 4 is 10.8 Å². The molecule has 0 aliphatic heterocycles. The second-order valence-electron chi connectivity index (χ2n) is 11.8. The van der Waals surface area contributed by atoms with Crippen LogP contribution in [0.3, 0.4) is 0 Å². The molecule has 26 heavy (non-hydrogen) atoms. The molecule has 2 aromatic rings. The fourth-order valence-corrected chi connectivity index (χ4v) is 3.14. The Bertz CT molecular complexity index is 750. The van der Waals surface area contributed by atoms with Gasteiger partial charge in [-0.05, 0) is 17.5 Å². The zero-order valence-corrected chi connectivity index (χ0v) is 19.0. The van der Waals surface area contributed by atoms with Crippen LogP contribution in [0, 0.1) is 0 Å². The van der Waals surface area contributed by atoms with Crippen molar-refractivity contribution < 1.29 is 0 Å². The van der Waals surface area contributed by atoms with E-state index in [0.717, 1.165) is 22.8 Å². The summed E-state index contributed by atoms with van der Waals surface area (Å²) in [4.78, 5) is 10.3. The van der Waals surface area contributed by atoms with E-state index < -0.39 is 0 Å². The average Bonchev–Trinajstić information content (AvgIpc) is 2.40. The number of hydrogen-bond acceptors (Lipinski definition) is 2. The minimum absolute atomic E-state index is 0.0151. The molecule has 0 fully saturated rings. The van der Waals surface area contributed by atoms with Crippen LogP contribution >= 0.6 is 0 Å². The molecule has 0 atom stereocenters. The van der Waals surface area contributed by atoms with Crippen molar-refractivity contribution in [3.8, 4) is 0 Å². The van der Waals surface area contributed by atoms with Gasteiger partial charge in [0.05, 0.1) is 11.4 Å². The van der Waals surface area contributed by atoms with Gasteiger partial charge >= 0.3 is 0 Å². The number of nitrogens with zero attached hydrogens (tertiary/aromatic N) is 2. The Labute approximate surface area is 160 Å². The maximum atomic E-state index is 5.17. The second kappa shape index (κ2) is 6.04. The smallest absolute Gasteiger partial charge is 0.0557 e.